The number of hydrogen-bond donors (Lipinski definition) is 1. The second kappa shape index (κ2) is 8.53. The summed E-state index contributed by atoms with van der Waals surface area (Å²) in [5, 5.41) is 2.98. The van der Waals surface area contributed by atoms with Crippen molar-refractivity contribution in [1.82, 2.24) is 0 Å². The fraction of sp³-hybridized carbons (Fsp3) is 0.263. The molecule has 0 fully saturated rings. The molecule has 0 aromatic heterocycles. The van der Waals surface area contributed by atoms with Gasteiger partial charge in [-0.3, -0.25) is 4.79 Å². The molecule has 6 heteroatoms. The molecule has 2 rings (SSSR count). The molecule has 0 saturated heterocycles. The SMILES string of the molecule is CCOC(=O)c1cc(NC(=O)C(C)Oc2cccc(C)c2)ccc1Cl. The average molecular weight is 362 g/mol. The van der Waals surface area contributed by atoms with Crippen LogP contribution in [0, 0.1) is 6.92 Å². The van der Waals surface area contributed by atoms with Crippen molar-refractivity contribution in [3.63, 3.8) is 0 Å². The number of halogens is 1. The lowest BCUT2D eigenvalue weighted by molar-refractivity contribution is -0.122. The maximum absolute atomic E-state index is 12.3. The van der Waals surface area contributed by atoms with E-state index in [1.54, 1.807) is 26.0 Å². The molecule has 0 spiro atoms. The van der Waals surface area contributed by atoms with E-state index in [1.807, 2.05) is 25.1 Å². The zero-order chi connectivity index (χ0) is 18.4. The predicted molar refractivity (Wildman–Crippen MR) is 97.3 cm³/mol. The summed E-state index contributed by atoms with van der Waals surface area (Å²) in [4.78, 5) is 24.2. The van der Waals surface area contributed by atoms with Gasteiger partial charge in [-0.05, 0) is 56.7 Å². The van der Waals surface area contributed by atoms with Gasteiger partial charge in [0.15, 0.2) is 6.10 Å². The summed E-state index contributed by atoms with van der Waals surface area (Å²) in [5.41, 5.74) is 1.69. The minimum absolute atomic E-state index is 0.202. The molecule has 132 valence electrons. The van der Waals surface area contributed by atoms with Crippen LogP contribution in [0.25, 0.3) is 0 Å². The van der Waals surface area contributed by atoms with Crippen molar-refractivity contribution in [2.24, 2.45) is 0 Å². The first-order valence-corrected chi connectivity index (χ1v) is 8.29. The van der Waals surface area contributed by atoms with Crippen LogP contribution in [0.4, 0.5) is 5.69 Å². The number of nitrogens with one attached hydrogen (secondary N) is 1. The zero-order valence-corrected chi connectivity index (χ0v) is 15.1. The van der Waals surface area contributed by atoms with Crippen molar-refractivity contribution >= 4 is 29.2 Å². The average Bonchev–Trinajstić information content (AvgIpc) is 2.56. The lowest BCUT2D eigenvalue weighted by Crippen LogP contribution is -2.30. The molecule has 25 heavy (non-hydrogen) atoms. The van der Waals surface area contributed by atoms with Crippen LogP contribution in [0.15, 0.2) is 42.5 Å². The molecule has 0 saturated carbocycles. The highest BCUT2D eigenvalue weighted by Gasteiger charge is 2.17. The van der Waals surface area contributed by atoms with Crippen molar-refractivity contribution < 1.29 is 19.1 Å². The summed E-state index contributed by atoms with van der Waals surface area (Å²) in [6.07, 6.45) is -0.705. The van der Waals surface area contributed by atoms with Gasteiger partial charge in [0, 0.05) is 5.69 Å². The van der Waals surface area contributed by atoms with E-state index in [9.17, 15) is 9.59 Å². The van der Waals surface area contributed by atoms with Gasteiger partial charge < -0.3 is 14.8 Å². The number of amides is 1. The lowest BCUT2D eigenvalue weighted by atomic mass is 10.2. The molecule has 2 aromatic rings. The number of rotatable bonds is 6. The Morgan fingerprint density at radius 1 is 1.20 bits per heavy atom. The molecule has 2 aromatic carbocycles. The van der Waals surface area contributed by atoms with Crippen LogP contribution in [0.2, 0.25) is 5.02 Å². The predicted octanol–water partition coefficient (Wildman–Crippen LogP) is 4.23. The second-order valence-electron chi connectivity index (χ2n) is 5.48. The standard InChI is InChI=1S/C19H20ClNO4/c1-4-24-19(23)16-11-14(8-9-17(16)20)21-18(22)13(3)25-15-7-5-6-12(2)10-15/h5-11,13H,4H2,1-3H3,(H,21,22). The Labute approximate surface area is 151 Å². The van der Waals surface area contributed by atoms with Crippen LogP contribution in [0.1, 0.15) is 29.8 Å². The molecule has 0 bridgehead atoms. The number of esters is 1. The van der Waals surface area contributed by atoms with E-state index >= 15 is 0 Å². The molecule has 5 nitrogen and oxygen atoms in total. The Bertz CT molecular complexity index is 776. The third-order valence-electron chi connectivity index (χ3n) is 3.40. The maximum Gasteiger partial charge on any atom is 0.339 e. The van der Waals surface area contributed by atoms with Gasteiger partial charge >= 0.3 is 5.97 Å². The molecular weight excluding hydrogens is 342 g/mol. The van der Waals surface area contributed by atoms with Gasteiger partial charge in [0.1, 0.15) is 5.75 Å². The van der Waals surface area contributed by atoms with Crippen LogP contribution in [0.3, 0.4) is 0 Å². The molecule has 0 aliphatic carbocycles. The van der Waals surface area contributed by atoms with Gasteiger partial charge in [-0.1, -0.05) is 23.7 Å². The van der Waals surface area contributed by atoms with Crippen LogP contribution < -0.4 is 10.1 Å². The molecule has 1 unspecified atom stereocenters. The van der Waals surface area contributed by atoms with Gasteiger partial charge in [0.05, 0.1) is 17.2 Å². The highest BCUT2D eigenvalue weighted by atomic mass is 35.5. The normalized spacial score (nSPS) is 11.5. The molecule has 0 radical (unpaired) electrons. The Balaban J connectivity index is 2.06. The van der Waals surface area contributed by atoms with Gasteiger partial charge in [-0.25, -0.2) is 4.79 Å². The molecule has 1 atom stereocenters. The van der Waals surface area contributed by atoms with E-state index < -0.39 is 12.1 Å². The van der Waals surface area contributed by atoms with Gasteiger partial charge in [0.25, 0.3) is 5.91 Å². The second-order valence-corrected chi connectivity index (χ2v) is 5.89. The smallest absolute Gasteiger partial charge is 0.339 e. The van der Waals surface area contributed by atoms with E-state index in [0.717, 1.165) is 5.56 Å². The highest BCUT2D eigenvalue weighted by Crippen LogP contribution is 2.22. The monoisotopic (exact) mass is 361 g/mol. The Morgan fingerprint density at radius 2 is 1.96 bits per heavy atom. The first kappa shape index (κ1) is 18.8. The summed E-state index contributed by atoms with van der Waals surface area (Å²) >= 11 is 6.01. The Morgan fingerprint density at radius 3 is 2.64 bits per heavy atom. The third-order valence-corrected chi connectivity index (χ3v) is 3.73. The maximum atomic E-state index is 12.3. The number of benzene rings is 2. The fourth-order valence-electron chi connectivity index (χ4n) is 2.16. The summed E-state index contributed by atoms with van der Waals surface area (Å²) in [6.45, 7) is 5.55. The molecule has 1 amide bonds. The Hall–Kier alpha value is -2.53. The summed E-state index contributed by atoms with van der Waals surface area (Å²) in [5.74, 6) is -0.253. The first-order valence-electron chi connectivity index (χ1n) is 7.91. The molecule has 0 aliphatic rings. The summed E-state index contributed by atoms with van der Waals surface area (Å²) in [6, 6.07) is 12.1. The third kappa shape index (κ3) is 5.22. The summed E-state index contributed by atoms with van der Waals surface area (Å²) < 4.78 is 10.6. The van der Waals surface area contributed by atoms with Crippen LogP contribution in [-0.4, -0.2) is 24.6 Å². The van der Waals surface area contributed by atoms with Crippen molar-refractivity contribution in [1.29, 1.82) is 0 Å². The minimum Gasteiger partial charge on any atom is -0.481 e. The molecular formula is C19H20ClNO4. The highest BCUT2D eigenvalue weighted by molar-refractivity contribution is 6.33. The number of carbonyl (C=O) groups is 2. The van der Waals surface area contributed by atoms with Gasteiger partial charge in [0.2, 0.25) is 0 Å². The van der Waals surface area contributed by atoms with Crippen molar-refractivity contribution in [2.75, 3.05) is 11.9 Å². The van der Waals surface area contributed by atoms with E-state index in [1.165, 1.54) is 12.1 Å². The fourth-order valence-corrected chi connectivity index (χ4v) is 2.35. The van der Waals surface area contributed by atoms with Crippen molar-refractivity contribution in [3.8, 4) is 5.75 Å². The van der Waals surface area contributed by atoms with E-state index in [-0.39, 0.29) is 23.1 Å². The van der Waals surface area contributed by atoms with E-state index in [2.05, 4.69) is 5.32 Å². The number of carbonyl (C=O) groups excluding carboxylic acids is 2. The van der Waals surface area contributed by atoms with Gasteiger partial charge in [-0.15, -0.1) is 0 Å². The van der Waals surface area contributed by atoms with Gasteiger partial charge in [-0.2, -0.15) is 0 Å². The molecule has 0 aliphatic heterocycles. The minimum atomic E-state index is -0.705. The van der Waals surface area contributed by atoms with Crippen LogP contribution in [-0.2, 0) is 9.53 Å². The topological polar surface area (TPSA) is 64.6 Å². The largest absolute Gasteiger partial charge is 0.481 e. The number of aryl methyl sites for hydroxylation is 1. The quantitative estimate of drug-likeness (QED) is 0.782. The van der Waals surface area contributed by atoms with E-state index in [4.69, 9.17) is 21.1 Å². The van der Waals surface area contributed by atoms with Crippen molar-refractivity contribution in [2.45, 2.75) is 26.9 Å². The van der Waals surface area contributed by atoms with Crippen LogP contribution in [0.5, 0.6) is 5.75 Å². The number of ether oxygens (including phenoxy) is 2. The van der Waals surface area contributed by atoms with Crippen molar-refractivity contribution in [3.05, 3.63) is 58.6 Å². The summed E-state index contributed by atoms with van der Waals surface area (Å²) in [7, 11) is 0. The molecule has 0 heterocycles. The zero-order valence-electron chi connectivity index (χ0n) is 14.3. The lowest BCUT2D eigenvalue weighted by Gasteiger charge is -2.15. The van der Waals surface area contributed by atoms with Crippen LogP contribution >= 0.6 is 11.6 Å². The first-order chi connectivity index (χ1) is 11.9. The Kier molecular flexibility index (Phi) is 6.42. The number of hydrogen-bond acceptors (Lipinski definition) is 4. The number of anilines is 1. The van der Waals surface area contributed by atoms with E-state index in [0.29, 0.717) is 11.4 Å². The molecule has 1 N–H and O–H groups in total.